The molecule has 6 unspecified atom stereocenters. The standard InChI is InChI=1S/C28H21Br2Cl2IN2O6/c1-41-19-9-12(30)8-17(22(19)36)21-15-6-7-16-20(24(38)35(23(16)37)14-4-2-13(33)3-5-14)18(15)10-27(31)25(39)34(11-29)26(40)28(21,27)32/h2-6,8-9,16,18,20-21,36H,7,10-11H2,1H3. The molecule has 0 bridgehead atoms. The molecule has 4 amide bonds. The number of alkyl halides is 3. The molecule has 6 rings (SSSR count). The van der Waals surface area contributed by atoms with Crippen molar-refractivity contribution in [2.75, 3.05) is 17.5 Å². The number of imide groups is 2. The Morgan fingerprint density at radius 1 is 1.07 bits per heavy atom. The molecule has 41 heavy (non-hydrogen) atoms. The van der Waals surface area contributed by atoms with Crippen LogP contribution in [0.5, 0.6) is 11.5 Å². The van der Waals surface area contributed by atoms with Crippen molar-refractivity contribution >= 4 is 107 Å². The lowest BCUT2D eigenvalue weighted by Gasteiger charge is -2.50. The number of carbonyl (C=O) groups is 4. The third kappa shape index (κ3) is 3.94. The van der Waals surface area contributed by atoms with Gasteiger partial charge in [-0.25, -0.2) is 0 Å². The van der Waals surface area contributed by atoms with E-state index in [9.17, 15) is 24.3 Å². The Bertz CT molecular complexity index is 1570. The van der Waals surface area contributed by atoms with E-state index in [1.807, 2.05) is 18.2 Å². The van der Waals surface area contributed by atoms with Gasteiger partial charge in [0.1, 0.15) is 0 Å². The van der Waals surface area contributed by atoms with Crippen molar-refractivity contribution in [3.8, 4) is 11.5 Å². The summed E-state index contributed by atoms with van der Waals surface area (Å²) < 4.78 is 6.86. The van der Waals surface area contributed by atoms with Crippen LogP contribution in [0.4, 0.5) is 5.69 Å². The molecule has 2 aliphatic carbocycles. The smallest absolute Gasteiger partial charge is 0.254 e. The fraction of sp³-hybridized carbons (Fsp3) is 0.357. The van der Waals surface area contributed by atoms with E-state index >= 15 is 0 Å². The number of likely N-dealkylation sites (tertiary alicyclic amines) is 1. The number of hydrogen-bond donors (Lipinski definition) is 1. The fourth-order valence-corrected chi connectivity index (χ4v) is 9.14. The van der Waals surface area contributed by atoms with Crippen LogP contribution >= 0.6 is 77.7 Å². The predicted octanol–water partition coefficient (Wildman–Crippen LogP) is 5.68. The first-order valence-corrected chi connectivity index (χ1v) is 16.4. The molecular weight excluding hydrogens is 818 g/mol. The lowest BCUT2D eigenvalue weighted by Crippen LogP contribution is -2.60. The first-order chi connectivity index (χ1) is 19.4. The summed E-state index contributed by atoms with van der Waals surface area (Å²) in [7, 11) is 1.39. The average molecular weight is 839 g/mol. The summed E-state index contributed by atoms with van der Waals surface area (Å²) in [6, 6.07) is 10.2. The number of nitrogens with zero attached hydrogens (tertiary/aromatic N) is 2. The van der Waals surface area contributed by atoms with E-state index in [4.69, 9.17) is 27.9 Å². The number of amides is 4. The molecule has 214 valence electrons. The molecule has 0 spiro atoms. The van der Waals surface area contributed by atoms with Gasteiger partial charge in [0.15, 0.2) is 21.2 Å². The second kappa shape index (κ2) is 10.2. The summed E-state index contributed by atoms with van der Waals surface area (Å²) in [6.45, 7) is 0. The molecule has 0 radical (unpaired) electrons. The van der Waals surface area contributed by atoms with Crippen molar-refractivity contribution in [1.29, 1.82) is 0 Å². The minimum Gasteiger partial charge on any atom is -0.504 e. The minimum atomic E-state index is -2.03. The summed E-state index contributed by atoms with van der Waals surface area (Å²) >= 11 is 23.3. The molecule has 2 aromatic rings. The minimum absolute atomic E-state index is 0.123. The Balaban J connectivity index is 1.55. The normalized spacial score (nSPS) is 32.6. The van der Waals surface area contributed by atoms with Crippen LogP contribution in [0.25, 0.3) is 0 Å². The van der Waals surface area contributed by atoms with E-state index in [0.717, 1.165) is 8.47 Å². The molecule has 3 fully saturated rings. The maximum atomic E-state index is 14.1. The number of benzene rings is 2. The highest BCUT2D eigenvalue weighted by Gasteiger charge is 2.76. The number of allylic oxidation sites excluding steroid dienone is 2. The van der Waals surface area contributed by atoms with E-state index < -0.39 is 51.1 Å². The molecule has 2 aliphatic heterocycles. The van der Waals surface area contributed by atoms with Gasteiger partial charge in [-0.2, -0.15) is 0 Å². The maximum Gasteiger partial charge on any atom is 0.254 e. The van der Waals surface area contributed by atoms with E-state index in [0.29, 0.717) is 15.7 Å². The number of hydrogen-bond acceptors (Lipinski definition) is 6. The second-order valence-electron chi connectivity index (χ2n) is 10.5. The van der Waals surface area contributed by atoms with Crippen LogP contribution in [0.2, 0.25) is 0 Å². The Labute approximate surface area is 275 Å². The monoisotopic (exact) mass is 836 g/mol. The average Bonchev–Trinajstić information content (AvgIpc) is 3.28. The SMILES string of the molecule is COc1cc(Br)cc(C2C3=CCC4C(=O)N(c5ccc(I)cc5)C(=O)C4C3CC3(Cl)C(=O)N(CBr)C(=O)C23Cl)c1O. The molecule has 2 aromatic carbocycles. The van der Waals surface area contributed by atoms with Crippen LogP contribution in [0.3, 0.4) is 0 Å². The van der Waals surface area contributed by atoms with Crippen LogP contribution in [-0.2, 0) is 19.2 Å². The van der Waals surface area contributed by atoms with Gasteiger partial charge in [0.05, 0.1) is 30.1 Å². The van der Waals surface area contributed by atoms with Crippen molar-refractivity contribution in [3.63, 3.8) is 0 Å². The maximum absolute atomic E-state index is 14.1. The summed E-state index contributed by atoms with van der Waals surface area (Å²) in [5.74, 6) is -5.61. The van der Waals surface area contributed by atoms with Crippen LogP contribution < -0.4 is 9.64 Å². The summed E-state index contributed by atoms with van der Waals surface area (Å²) in [5, 5.41) is 11.3. The van der Waals surface area contributed by atoms with E-state index in [-0.39, 0.29) is 41.3 Å². The number of fused-ring (bicyclic) bond motifs is 4. The van der Waals surface area contributed by atoms with Gasteiger partial charge >= 0.3 is 0 Å². The third-order valence-corrected chi connectivity index (χ3v) is 11.8. The highest BCUT2D eigenvalue weighted by Crippen LogP contribution is 2.66. The number of carbonyl (C=O) groups excluding carboxylic acids is 4. The van der Waals surface area contributed by atoms with Gasteiger partial charge < -0.3 is 9.84 Å². The molecule has 4 aliphatic rings. The highest BCUT2D eigenvalue weighted by atomic mass is 127. The summed E-state index contributed by atoms with van der Waals surface area (Å²) in [5.41, 5.74) is 1.12. The van der Waals surface area contributed by atoms with Crippen molar-refractivity contribution in [3.05, 3.63) is 61.7 Å². The number of halogens is 5. The lowest BCUT2D eigenvalue weighted by atomic mass is 9.56. The third-order valence-electron chi connectivity index (χ3n) is 8.70. The zero-order chi connectivity index (χ0) is 29.6. The van der Waals surface area contributed by atoms with Crippen LogP contribution in [0.15, 0.2) is 52.5 Å². The molecular formula is C28H21Br2Cl2IN2O6. The number of aromatic hydroxyl groups is 1. The van der Waals surface area contributed by atoms with Crippen molar-refractivity contribution in [2.24, 2.45) is 17.8 Å². The molecule has 0 aromatic heterocycles. The van der Waals surface area contributed by atoms with Crippen molar-refractivity contribution in [2.45, 2.75) is 28.5 Å². The Hall–Kier alpha value is -1.67. The number of phenols is 1. The Kier molecular flexibility index (Phi) is 7.32. The zero-order valence-electron chi connectivity index (χ0n) is 21.2. The first kappa shape index (κ1) is 29.4. The lowest BCUT2D eigenvalue weighted by molar-refractivity contribution is -0.138. The summed E-state index contributed by atoms with van der Waals surface area (Å²) in [4.78, 5) is 53.5. The fourth-order valence-electron chi connectivity index (χ4n) is 6.91. The number of phenolic OH excluding ortho intramolecular Hbond substituents is 1. The van der Waals surface area contributed by atoms with E-state index in [1.54, 1.807) is 24.3 Å². The predicted molar refractivity (Wildman–Crippen MR) is 167 cm³/mol. The molecule has 8 nitrogen and oxygen atoms in total. The summed E-state index contributed by atoms with van der Waals surface area (Å²) in [6.07, 6.45) is 1.90. The van der Waals surface area contributed by atoms with Gasteiger partial charge in [-0.1, -0.05) is 43.5 Å². The quantitative estimate of drug-likeness (QED) is 0.140. The van der Waals surface area contributed by atoms with Gasteiger partial charge in [0.2, 0.25) is 11.8 Å². The van der Waals surface area contributed by atoms with Crippen LogP contribution in [0, 0.1) is 21.3 Å². The topological polar surface area (TPSA) is 104 Å². The highest BCUT2D eigenvalue weighted by molar-refractivity contribution is 14.1. The van der Waals surface area contributed by atoms with Crippen molar-refractivity contribution < 1.29 is 29.0 Å². The molecule has 1 saturated carbocycles. The van der Waals surface area contributed by atoms with Crippen LogP contribution in [-0.4, -0.2) is 55.9 Å². The number of rotatable bonds is 4. The zero-order valence-corrected chi connectivity index (χ0v) is 28.1. The van der Waals surface area contributed by atoms with Gasteiger partial charge in [-0.05, 0) is 77.7 Å². The van der Waals surface area contributed by atoms with E-state index in [1.165, 1.54) is 12.0 Å². The molecule has 13 heteroatoms. The van der Waals surface area contributed by atoms with Crippen molar-refractivity contribution in [1.82, 2.24) is 4.90 Å². The number of methoxy groups -OCH3 is 1. The molecule has 2 saturated heterocycles. The largest absolute Gasteiger partial charge is 0.504 e. The second-order valence-corrected chi connectivity index (χ2v) is 14.4. The Morgan fingerprint density at radius 2 is 1.76 bits per heavy atom. The van der Waals surface area contributed by atoms with Gasteiger partial charge in [-0.15, -0.1) is 23.2 Å². The van der Waals surface area contributed by atoms with Crippen LogP contribution in [0.1, 0.15) is 24.3 Å². The first-order valence-electron chi connectivity index (χ1n) is 12.6. The number of anilines is 1. The number of ether oxygens (including phenoxy) is 1. The molecule has 6 atom stereocenters. The van der Waals surface area contributed by atoms with Gasteiger partial charge in [0.25, 0.3) is 11.8 Å². The molecule has 2 heterocycles. The van der Waals surface area contributed by atoms with Gasteiger partial charge in [0, 0.05) is 19.5 Å². The van der Waals surface area contributed by atoms with Gasteiger partial charge in [-0.3, -0.25) is 29.0 Å². The Morgan fingerprint density at radius 3 is 2.39 bits per heavy atom. The molecule has 1 N–H and O–H groups in total. The van der Waals surface area contributed by atoms with E-state index in [2.05, 4.69) is 54.5 Å².